The molecule has 14 heavy (non-hydrogen) atoms. The highest BCUT2D eigenvalue weighted by molar-refractivity contribution is 5.33. The molecule has 1 heterocycles. The van der Waals surface area contributed by atoms with Gasteiger partial charge in [-0.1, -0.05) is 6.42 Å². The number of hydrogen-bond donors (Lipinski definition) is 1. The molecule has 1 aliphatic carbocycles. The molecule has 1 N–H and O–H groups in total. The third-order valence-corrected chi connectivity index (χ3v) is 2.87. The van der Waals surface area contributed by atoms with Crippen LogP contribution in [0.4, 0.5) is 10.2 Å². The smallest absolute Gasteiger partial charge is 0.217 e. The Morgan fingerprint density at radius 3 is 2.86 bits per heavy atom. The minimum atomic E-state index is -0.483. The van der Waals surface area contributed by atoms with E-state index in [1.54, 1.807) is 0 Å². The molecule has 0 aliphatic heterocycles. The largest absolute Gasteiger partial charge is 0.367 e. The Hall–Kier alpha value is -1.19. The van der Waals surface area contributed by atoms with Gasteiger partial charge in [0.15, 0.2) is 0 Å². The average Bonchev–Trinajstić information content (AvgIpc) is 1.99. The molecule has 0 aromatic carbocycles. The second kappa shape index (κ2) is 3.90. The van der Waals surface area contributed by atoms with Crippen LogP contribution in [0.5, 0.6) is 0 Å². The quantitative estimate of drug-likeness (QED) is 0.751. The molecule has 1 aromatic rings. The lowest BCUT2D eigenvalue weighted by molar-refractivity contribution is 0.285. The fraction of sp³-hybridized carbons (Fsp3) is 0.600. The number of aromatic nitrogens is 2. The summed E-state index contributed by atoms with van der Waals surface area (Å²) in [7, 11) is 0. The Bertz CT molecular complexity index is 312. The molecule has 1 unspecified atom stereocenters. The van der Waals surface area contributed by atoms with E-state index >= 15 is 0 Å². The van der Waals surface area contributed by atoms with Gasteiger partial charge < -0.3 is 5.32 Å². The van der Waals surface area contributed by atoms with Crippen molar-refractivity contribution < 1.29 is 4.39 Å². The molecule has 1 atom stereocenters. The zero-order chi connectivity index (χ0) is 9.97. The number of anilines is 1. The second-order valence-electron chi connectivity index (χ2n) is 3.85. The molecule has 1 aromatic heterocycles. The highest BCUT2D eigenvalue weighted by Gasteiger charge is 2.23. The number of halogens is 1. The lowest BCUT2D eigenvalue weighted by Crippen LogP contribution is -2.31. The van der Waals surface area contributed by atoms with Crippen molar-refractivity contribution in [3.8, 4) is 0 Å². The summed E-state index contributed by atoms with van der Waals surface area (Å²) in [5, 5.41) is 3.19. The first-order valence-corrected chi connectivity index (χ1v) is 5.00. The summed E-state index contributed by atoms with van der Waals surface area (Å²) in [5.41, 5.74) is 0. The average molecular weight is 195 g/mol. The maximum Gasteiger partial charge on any atom is 0.217 e. The van der Waals surface area contributed by atoms with E-state index in [4.69, 9.17) is 0 Å². The van der Waals surface area contributed by atoms with Crippen LogP contribution in [0.25, 0.3) is 0 Å². The Balaban J connectivity index is 1.95. The van der Waals surface area contributed by atoms with Gasteiger partial charge in [0, 0.05) is 12.1 Å². The molecule has 1 aliphatic rings. The molecule has 0 spiro atoms. The first-order chi connectivity index (χ1) is 6.75. The molecular formula is C10H14FN3. The van der Waals surface area contributed by atoms with E-state index in [0.29, 0.717) is 17.8 Å². The van der Waals surface area contributed by atoms with Crippen LogP contribution >= 0.6 is 0 Å². The Kier molecular flexibility index (Phi) is 2.61. The summed E-state index contributed by atoms with van der Waals surface area (Å²) in [6.45, 7) is 2.11. The minimum absolute atomic E-state index is 0.373. The molecular weight excluding hydrogens is 181 g/mol. The van der Waals surface area contributed by atoms with E-state index in [-0.39, 0.29) is 0 Å². The molecule has 0 radical (unpaired) electrons. The van der Waals surface area contributed by atoms with Crippen LogP contribution in [-0.4, -0.2) is 16.0 Å². The van der Waals surface area contributed by atoms with Crippen LogP contribution < -0.4 is 5.32 Å². The first-order valence-electron chi connectivity index (χ1n) is 5.00. The Labute approximate surface area is 82.8 Å². The van der Waals surface area contributed by atoms with Crippen LogP contribution in [0.15, 0.2) is 12.4 Å². The van der Waals surface area contributed by atoms with Crippen molar-refractivity contribution >= 4 is 5.82 Å². The normalized spacial score (nSPS) is 18.7. The van der Waals surface area contributed by atoms with Gasteiger partial charge in [-0.05, 0) is 25.7 Å². The van der Waals surface area contributed by atoms with Crippen molar-refractivity contribution in [2.24, 2.45) is 5.92 Å². The topological polar surface area (TPSA) is 37.8 Å². The van der Waals surface area contributed by atoms with Crippen molar-refractivity contribution in [3.05, 3.63) is 18.3 Å². The van der Waals surface area contributed by atoms with E-state index in [0.717, 1.165) is 0 Å². The summed E-state index contributed by atoms with van der Waals surface area (Å²) in [4.78, 5) is 7.37. The zero-order valence-electron chi connectivity index (χ0n) is 8.20. The highest BCUT2D eigenvalue weighted by atomic mass is 19.1. The summed E-state index contributed by atoms with van der Waals surface area (Å²) >= 11 is 0. The molecule has 1 saturated carbocycles. The number of rotatable bonds is 3. The standard InChI is InChI=1S/C10H14FN3/c1-7(8-3-2-4-8)14-10-5-9(11)12-6-13-10/h5-8H,2-4H2,1H3,(H,12,13,14). The molecule has 0 amide bonds. The predicted octanol–water partition coefficient (Wildman–Crippen LogP) is 2.22. The number of hydrogen-bond acceptors (Lipinski definition) is 3. The molecule has 4 heteroatoms. The van der Waals surface area contributed by atoms with Crippen molar-refractivity contribution in [1.82, 2.24) is 9.97 Å². The molecule has 0 saturated heterocycles. The number of nitrogens with zero attached hydrogens (tertiary/aromatic N) is 2. The van der Waals surface area contributed by atoms with Crippen molar-refractivity contribution in [1.29, 1.82) is 0 Å². The van der Waals surface area contributed by atoms with E-state index < -0.39 is 5.95 Å². The SMILES string of the molecule is CC(Nc1cc(F)ncn1)C1CCC1. The molecule has 76 valence electrons. The number of nitrogens with one attached hydrogen (secondary N) is 1. The van der Waals surface area contributed by atoms with Gasteiger partial charge in [0.25, 0.3) is 0 Å². The third kappa shape index (κ3) is 2.00. The maximum absolute atomic E-state index is 12.7. The van der Waals surface area contributed by atoms with Gasteiger partial charge in [-0.15, -0.1) is 0 Å². The summed E-state index contributed by atoms with van der Waals surface area (Å²) in [5.74, 6) is 0.813. The van der Waals surface area contributed by atoms with E-state index in [1.165, 1.54) is 31.7 Å². The van der Waals surface area contributed by atoms with Crippen molar-refractivity contribution in [2.45, 2.75) is 32.2 Å². The van der Waals surface area contributed by atoms with Gasteiger partial charge in [-0.25, -0.2) is 9.97 Å². The van der Waals surface area contributed by atoms with Crippen molar-refractivity contribution in [3.63, 3.8) is 0 Å². The Morgan fingerprint density at radius 1 is 1.50 bits per heavy atom. The zero-order valence-corrected chi connectivity index (χ0v) is 8.20. The van der Waals surface area contributed by atoms with Gasteiger partial charge in [-0.3, -0.25) is 0 Å². The minimum Gasteiger partial charge on any atom is -0.367 e. The first kappa shape index (κ1) is 9.37. The van der Waals surface area contributed by atoms with Crippen LogP contribution in [-0.2, 0) is 0 Å². The van der Waals surface area contributed by atoms with Gasteiger partial charge in [0.05, 0.1) is 0 Å². The van der Waals surface area contributed by atoms with Gasteiger partial charge in [-0.2, -0.15) is 4.39 Å². The van der Waals surface area contributed by atoms with Crippen LogP contribution in [0.2, 0.25) is 0 Å². The summed E-state index contributed by atoms with van der Waals surface area (Å²) < 4.78 is 12.7. The fourth-order valence-electron chi connectivity index (χ4n) is 1.70. The van der Waals surface area contributed by atoms with Crippen LogP contribution in [0.3, 0.4) is 0 Å². The molecule has 1 fully saturated rings. The summed E-state index contributed by atoms with van der Waals surface area (Å²) in [6, 6.07) is 1.70. The van der Waals surface area contributed by atoms with E-state index in [9.17, 15) is 4.39 Å². The maximum atomic E-state index is 12.7. The van der Waals surface area contributed by atoms with Crippen molar-refractivity contribution in [2.75, 3.05) is 5.32 Å². The fourth-order valence-corrected chi connectivity index (χ4v) is 1.70. The lowest BCUT2D eigenvalue weighted by atomic mass is 9.80. The van der Waals surface area contributed by atoms with E-state index in [2.05, 4.69) is 22.2 Å². The Morgan fingerprint density at radius 2 is 2.29 bits per heavy atom. The van der Waals surface area contributed by atoms with Crippen LogP contribution in [0, 0.1) is 11.9 Å². The summed E-state index contributed by atoms with van der Waals surface area (Å²) in [6.07, 6.45) is 5.09. The highest BCUT2D eigenvalue weighted by Crippen LogP contribution is 2.30. The monoisotopic (exact) mass is 195 g/mol. The van der Waals surface area contributed by atoms with Gasteiger partial charge in [0.1, 0.15) is 12.1 Å². The third-order valence-electron chi connectivity index (χ3n) is 2.87. The lowest BCUT2D eigenvalue weighted by Gasteiger charge is -2.32. The molecule has 2 rings (SSSR count). The van der Waals surface area contributed by atoms with Gasteiger partial charge in [0.2, 0.25) is 5.95 Å². The second-order valence-corrected chi connectivity index (χ2v) is 3.85. The molecule has 0 bridgehead atoms. The van der Waals surface area contributed by atoms with Crippen LogP contribution in [0.1, 0.15) is 26.2 Å². The van der Waals surface area contributed by atoms with E-state index in [1.807, 2.05) is 0 Å². The molecule has 3 nitrogen and oxygen atoms in total. The van der Waals surface area contributed by atoms with Gasteiger partial charge >= 0.3 is 0 Å². The predicted molar refractivity (Wildman–Crippen MR) is 52.4 cm³/mol.